The Balaban J connectivity index is 0.00000225. The molecule has 1 heterocycles. The van der Waals surface area contributed by atoms with Crippen LogP contribution in [-0.2, 0) is 6.54 Å². The molecule has 0 saturated heterocycles. The van der Waals surface area contributed by atoms with Crippen molar-refractivity contribution in [3.63, 3.8) is 0 Å². The molecule has 4 nitrogen and oxygen atoms in total. The van der Waals surface area contributed by atoms with Crippen molar-refractivity contribution in [3.05, 3.63) is 71.7 Å². The van der Waals surface area contributed by atoms with Gasteiger partial charge in [-0.1, -0.05) is 50.6 Å². The van der Waals surface area contributed by atoms with Crippen molar-refractivity contribution in [2.45, 2.75) is 52.1 Å². The Bertz CT molecular complexity index is 876. The molecular formula is C24H36N4. The van der Waals surface area contributed by atoms with Gasteiger partial charge in [0.2, 0.25) is 0 Å². The summed E-state index contributed by atoms with van der Waals surface area (Å²) in [6.45, 7) is 5.30. The third kappa shape index (κ3) is 5.52. The third-order valence-electron chi connectivity index (χ3n) is 5.25. The van der Waals surface area contributed by atoms with Gasteiger partial charge in [0.1, 0.15) is 0 Å². The number of allylic oxidation sites excluding steroid dienone is 3. The zero-order valence-corrected chi connectivity index (χ0v) is 17.3. The predicted molar refractivity (Wildman–Crippen MR) is 122 cm³/mol. The van der Waals surface area contributed by atoms with Crippen LogP contribution in [0.15, 0.2) is 66.2 Å². The number of nitrogens with zero attached hydrogens (tertiary/aromatic N) is 2. The van der Waals surface area contributed by atoms with Gasteiger partial charge < -0.3 is 10.6 Å². The second-order valence-electron chi connectivity index (χ2n) is 7.60. The van der Waals surface area contributed by atoms with Crippen LogP contribution in [0.4, 0.5) is 0 Å². The molecule has 0 fully saturated rings. The molecule has 0 saturated carbocycles. The molecule has 2 unspecified atom stereocenters. The summed E-state index contributed by atoms with van der Waals surface area (Å²) < 4.78 is 0. The maximum Gasteiger partial charge on any atom is 0.0890 e. The molecule has 1 aliphatic rings. The zero-order chi connectivity index (χ0) is 19.8. The molecule has 2 aromatic rings. The van der Waals surface area contributed by atoms with E-state index in [1.54, 1.807) is 12.4 Å². The van der Waals surface area contributed by atoms with Gasteiger partial charge in [-0.25, -0.2) is 0 Å². The minimum absolute atomic E-state index is 0. The quantitative estimate of drug-likeness (QED) is 0.612. The minimum atomic E-state index is 0. The number of nitrogens with one attached hydrogen (secondary N) is 2. The summed E-state index contributed by atoms with van der Waals surface area (Å²) >= 11 is 0. The molecule has 28 heavy (non-hydrogen) atoms. The molecule has 0 bridgehead atoms. The highest BCUT2D eigenvalue weighted by atomic mass is 14.9. The number of hydrogen-bond donors (Lipinski definition) is 2. The molecule has 0 amide bonds. The van der Waals surface area contributed by atoms with Crippen LogP contribution in [0.2, 0.25) is 0 Å². The van der Waals surface area contributed by atoms with Crippen LogP contribution in [0.1, 0.15) is 47.9 Å². The van der Waals surface area contributed by atoms with Crippen molar-refractivity contribution in [2.75, 3.05) is 7.05 Å². The Morgan fingerprint density at radius 1 is 1.25 bits per heavy atom. The second kappa shape index (κ2) is 10.2. The standard InChI is InChI=1S/C24H32N4.2H2/c1-4-6-21(25-3)8-5-7-20-15-18(2)9-11-22(20)28-17-19-10-12-23-24(16-19)27-14-13-26-23;;/h5,7,10-16,18,21,25,28H,4,6,8-9,17H2,1-3H3;2*1H/b7-5+;;. The van der Waals surface area contributed by atoms with Crippen molar-refractivity contribution in [1.82, 2.24) is 20.6 Å². The number of fused-ring (bicyclic) bond motifs is 1. The van der Waals surface area contributed by atoms with Gasteiger partial charge in [0.05, 0.1) is 11.0 Å². The van der Waals surface area contributed by atoms with Crippen molar-refractivity contribution < 1.29 is 2.85 Å². The fraction of sp³-hybridized carbons (Fsp3) is 0.417. The second-order valence-corrected chi connectivity index (χ2v) is 7.60. The van der Waals surface area contributed by atoms with Gasteiger partial charge in [-0.05, 0) is 55.5 Å². The van der Waals surface area contributed by atoms with Crippen molar-refractivity contribution in [2.24, 2.45) is 5.92 Å². The van der Waals surface area contributed by atoms with Crippen LogP contribution >= 0.6 is 0 Å². The SMILES string of the molecule is CCCC(C/C=C/C1=CC(C)CC=C1NCc1ccc2nccnc2c1)NC.[HH].[HH]. The first-order valence-electron chi connectivity index (χ1n) is 10.4. The van der Waals surface area contributed by atoms with Gasteiger partial charge in [-0.2, -0.15) is 0 Å². The molecule has 0 radical (unpaired) electrons. The molecule has 1 aliphatic carbocycles. The van der Waals surface area contributed by atoms with Gasteiger partial charge in [-0.3, -0.25) is 9.97 Å². The highest BCUT2D eigenvalue weighted by molar-refractivity contribution is 5.74. The third-order valence-corrected chi connectivity index (χ3v) is 5.25. The number of aromatic nitrogens is 2. The van der Waals surface area contributed by atoms with Crippen LogP contribution in [0.25, 0.3) is 11.0 Å². The molecule has 3 rings (SSSR count). The smallest absolute Gasteiger partial charge is 0.0890 e. The Morgan fingerprint density at radius 3 is 2.86 bits per heavy atom. The topological polar surface area (TPSA) is 49.8 Å². The van der Waals surface area contributed by atoms with Crippen LogP contribution < -0.4 is 10.6 Å². The van der Waals surface area contributed by atoms with E-state index in [0.29, 0.717) is 12.0 Å². The summed E-state index contributed by atoms with van der Waals surface area (Å²) in [6.07, 6.45) is 17.3. The summed E-state index contributed by atoms with van der Waals surface area (Å²) in [5, 5.41) is 7.04. The van der Waals surface area contributed by atoms with Crippen molar-refractivity contribution in [3.8, 4) is 0 Å². The molecule has 1 aromatic heterocycles. The van der Waals surface area contributed by atoms with Gasteiger partial charge in [0, 0.05) is 33.5 Å². The Morgan fingerprint density at radius 2 is 2.07 bits per heavy atom. The van der Waals surface area contributed by atoms with Gasteiger partial charge in [0.25, 0.3) is 0 Å². The van der Waals surface area contributed by atoms with E-state index in [1.165, 1.54) is 29.7 Å². The molecule has 0 aliphatic heterocycles. The maximum atomic E-state index is 4.41. The summed E-state index contributed by atoms with van der Waals surface area (Å²) in [5.41, 5.74) is 5.62. The summed E-state index contributed by atoms with van der Waals surface area (Å²) in [4.78, 5) is 8.75. The lowest BCUT2D eigenvalue weighted by Crippen LogP contribution is -2.24. The van der Waals surface area contributed by atoms with E-state index in [1.807, 2.05) is 6.07 Å². The lowest BCUT2D eigenvalue weighted by molar-refractivity contribution is 0.521. The number of rotatable bonds is 9. The normalized spacial score (nSPS) is 18.2. The Hall–Kier alpha value is -2.46. The first-order chi connectivity index (χ1) is 13.7. The Kier molecular flexibility index (Phi) is 7.38. The van der Waals surface area contributed by atoms with E-state index < -0.39 is 0 Å². The lowest BCUT2D eigenvalue weighted by Gasteiger charge is -2.20. The van der Waals surface area contributed by atoms with Crippen molar-refractivity contribution >= 4 is 11.0 Å². The molecule has 152 valence electrons. The number of benzene rings is 1. The maximum absolute atomic E-state index is 4.41. The van der Waals surface area contributed by atoms with E-state index in [4.69, 9.17) is 0 Å². The largest absolute Gasteiger partial charge is 0.381 e. The van der Waals surface area contributed by atoms with Crippen molar-refractivity contribution in [1.29, 1.82) is 0 Å². The molecule has 1 aromatic carbocycles. The van der Waals surface area contributed by atoms with E-state index >= 15 is 0 Å². The molecule has 0 spiro atoms. The first-order valence-corrected chi connectivity index (χ1v) is 10.4. The fourth-order valence-corrected chi connectivity index (χ4v) is 3.61. The summed E-state index contributed by atoms with van der Waals surface area (Å²) in [7, 11) is 2.05. The van der Waals surface area contributed by atoms with E-state index in [0.717, 1.165) is 30.4 Å². The van der Waals surface area contributed by atoms with E-state index in [2.05, 4.69) is 77.9 Å². The minimum Gasteiger partial charge on any atom is -0.381 e. The highest BCUT2D eigenvalue weighted by Gasteiger charge is 2.11. The van der Waals surface area contributed by atoms with Crippen LogP contribution in [-0.4, -0.2) is 23.1 Å². The van der Waals surface area contributed by atoms with Gasteiger partial charge in [0.15, 0.2) is 0 Å². The fourth-order valence-electron chi connectivity index (χ4n) is 3.61. The predicted octanol–water partition coefficient (Wildman–Crippen LogP) is 5.40. The average Bonchev–Trinajstić information content (AvgIpc) is 2.72. The highest BCUT2D eigenvalue weighted by Crippen LogP contribution is 2.23. The van der Waals surface area contributed by atoms with Gasteiger partial charge >= 0.3 is 0 Å². The van der Waals surface area contributed by atoms with Crippen LogP contribution in [0.3, 0.4) is 0 Å². The van der Waals surface area contributed by atoms with Crippen LogP contribution in [0.5, 0.6) is 0 Å². The first kappa shape index (κ1) is 20.3. The summed E-state index contributed by atoms with van der Waals surface area (Å²) in [6, 6.07) is 6.83. The zero-order valence-electron chi connectivity index (χ0n) is 17.3. The monoisotopic (exact) mass is 380 g/mol. The molecule has 2 atom stereocenters. The lowest BCUT2D eigenvalue weighted by atomic mass is 9.94. The average molecular weight is 381 g/mol. The molecule has 2 N–H and O–H groups in total. The van der Waals surface area contributed by atoms with E-state index in [9.17, 15) is 0 Å². The molecular weight excluding hydrogens is 344 g/mol. The molecule has 4 heteroatoms. The number of hydrogen-bond acceptors (Lipinski definition) is 4. The van der Waals surface area contributed by atoms with E-state index in [-0.39, 0.29) is 2.85 Å². The van der Waals surface area contributed by atoms with Gasteiger partial charge in [-0.15, -0.1) is 0 Å². The van der Waals surface area contributed by atoms with Crippen LogP contribution in [0, 0.1) is 5.92 Å². The summed E-state index contributed by atoms with van der Waals surface area (Å²) in [5.74, 6) is 0.580. The Labute approximate surface area is 171 Å².